The fourth-order valence-corrected chi connectivity index (χ4v) is 1.62. The Balaban J connectivity index is 1.95. The van der Waals surface area contributed by atoms with Gasteiger partial charge in [0.05, 0.1) is 12.6 Å². The van der Waals surface area contributed by atoms with Crippen LogP contribution in [0.5, 0.6) is 0 Å². The van der Waals surface area contributed by atoms with Gasteiger partial charge in [-0.2, -0.15) is 0 Å². The lowest BCUT2D eigenvalue weighted by atomic mass is 10.1. The molecule has 0 bridgehead atoms. The predicted octanol–water partition coefficient (Wildman–Crippen LogP) is 1.72. The Hall–Kier alpha value is -0.870. The molecule has 1 saturated heterocycles. The number of hydrogen-bond acceptors (Lipinski definition) is 4. The van der Waals surface area contributed by atoms with Crippen molar-refractivity contribution < 1.29 is 4.74 Å². The van der Waals surface area contributed by atoms with Gasteiger partial charge in [0, 0.05) is 12.7 Å². The first-order valence-electron chi connectivity index (χ1n) is 4.66. The number of rotatable bonds is 2. The molecule has 0 saturated carbocycles. The second kappa shape index (κ2) is 4.57. The van der Waals surface area contributed by atoms with Crippen LogP contribution in [0.4, 0.5) is 5.82 Å². The molecule has 1 aliphatic rings. The molecule has 1 atom stereocenters. The zero-order valence-corrected chi connectivity index (χ0v) is 8.50. The summed E-state index contributed by atoms with van der Waals surface area (Å²) in [5.41, 5.74) is 0. The Kier molecular flexibility index (Phi) is 3.16. The fraction of sp³-hybridized carbons (Fsp3) is 0.556. The Labute approximate surface area is 87.7 Å². The van der Waals surface area contributed by atoms with Gasteiger partial charge in [0.2, 0.25) is 0 Å². The predicted molar refractivity (Wildman–Crippen MR) is 54.5 cm³/mol. The highest BCUT2D eigenvalue weighted by atomic mass is 35.5. The molecule has 5 heteroatoms. The summed E-state index contributed by atoms with van der Waals surface area (Å²) < 4.78 is 5.35. The van der Waals surface area contributed by atoms with Crippen LogP contribution in [0, 0.1) is 0 Å². The third kappa shape index (κ3) is 2.56. The quantitative estimate of drug-likeness (QED) is 0.760. The van der Waals surface area contributed by atoms with Gasteiger partial charge in [0.1, 0.15) is 17.3 Å². The second-order valence-corrected chi connectivity index (χ2v) is 3.67. The molecule has 1 aliphatic heterocycles. The van der Waals surface area contributed by atoms with E-state index in [1.54, 1.807) is 6.07 Å². The number of ether oxygens (including phenoxy) is 1. The fourth-order valence-electron chi connectivity index (χ4n) is 1.48. The van der Waals surface area contributed by atoms with Gasteiger partial charge in [0.25, 0.3) is 0 Å². The highest BCUT2D eigenvalue weighted by Crippen LogP contribution is 2.14. The number of nitrogens with one attached hydrogen (secondary N) is 1. The van der Waals surface area contributed by atoms with Crippen molar-refractivity contribution in [1.29, 1.82) is 0 Å². The smallest absolute Gasteiger partial charge is 0.134 e. The summed E-state index contributed by atoms with van der Waals surface area (Å²) in [6, 6.07) is 2.06. The maximum absolute atomic E-state index is 5.74. The Morgan fingerprint density at radius 3 is 3.14 bits per heavy atom. The SMILES string of the molecule is Clc1cc(N[C@@H]2CCCOC2)ncn1. The Morgan fingerprint density at radius 1 is 1.50 bits per heavy atom. The van der Waals surface area contributed by atoms with Crippen molar-refractivity contribution in [2.24, 2.45) is 0 Å². The highest BCUT2D eigenvalue weighted by Gasteiger charge is 2.13. The summed E-state index contributed by atoms with van der Waals surface area (Å²) >= 11 is 5.74. The van der Waals surface area contributed by atoms with Crippen LogP contribution in [0.25, 0.3) is 0 Å². The van der Waals surface area contributed by atoms with Gasteiger partial charge in [-0.05, 0) is 12.8 Å². The monoisotopic (exact) mass is 213 g/mol. The summed E-state index contributed by atoms with van der Waals surface area (Å²) in [5.74, 6) is 0.764. The van der Waals surface area contributed by atoms with Crippen LogP contribution >= 0.6 is 11.6 Å². The zero-order chi connectivity index (χ0) is 9.80. The number of aromatic nitrogens is 2. The van der Waals surface area contributed by atoms with Gasteiger partial charge >= 0.3 is 0 Å². The molecule has 4 nitrogen and oxygen atoms in total. The van der Waals surface area contributed by atoms with Crippen LogP contribution in [0.2, 0.25) is 5.15 Å². The highest BCUT2D eigenvalue weighted by molar-refractivity contribution is 6.29. The third-order valence-electron chi connectivity index (χ3n) is 2.15. The second-order valence-electron chi connectivity index (χ2n) is 3.28. The van der Waals surface area contributed by atoms with Crippen molar-refractivity contribution in [2.75, 3.05) is 18.5 Å². The molecule has 0 aliphatic carbocycles. The molecule has 76 valence electrons. The van der Waals surface area contributed by atoms with Gasteiger partial charge in [-0.15, -0.1) is 0 Å². The van der Waals surface area contributed by atoms with E-state index in [9.17, 15) is 0 Å². The molecule has 1 aromatic heterocycles. The van der Waals surface area contributed by atoms with E-state index in [4.69, 9.17) is 16.3 Å². The van der Waals surface area contributed by atoms with E-state index in [2.05, 4.69) is 15.3 Å². The molecular formula is C9H12ClN3O. The molecule has 1 aromatic rings. The molecule has 0 spiro atoms. The molecule has 0 radical (unpaired) electrons. The lowest BCUT2D eigenvalue weighted by Gasteiger charge is -2.23. The topological polar surface area (TPSA) is 47.0 Å². The van der Waals surface area contributed by atoms with Crippen molar-refractivity contribution in [3.8, 4) is 0 Å². The van der Waals surface area contributed by atoms with Crippen LogP contribution in [0.1, 0.15) is 12.8 Å². The van der Waals surface area contributed by atoms with Gasteiger partial charge in [-0.1, -0.05) is 11.6 Å². The van der Waals surface area contributed by atoms with Crippen molar-refractivity contribution >= 4 is 17.4 Å². The van der Waals surface area contributed by atoms with E-state index in [1.807, 2.05) is 0 Å². The van der Waals surface area contributed by atoms with Crippen LogP contribution in [-0.2, 0) is 4.74 Å². The molecule has 1 fully saturated rings. The first-order chi connectivity index (χ1) is 6.84. The van der Waals surface area contributed by atoms with Crippen LogP contribution in [-0.4, -0.2) is 29.2 Å². The maximum atomic E-state index is 5.74. The van der Waals surface area contributed by atoms with Gasteiger partial charge < -0.3 is 10.1 Å². The molecular weight excluding hydrogens is 202 g/mol. The molecule has 2 heterocycles. The van der Waals surface area contributed by atoms with E-state index in [-0.39, 0.29) is 0 Å². The van der Waals surface area contributed by atoms with Crippen molar-refractivity contribution in [3.05, 3.63) is 17.5 Å². The Bertz CT molecular complexity index is 302. The molecule has 2 rings (SSSR count). The van der Waals surface area contributed by atoms with Gasteiger partial charge in [-0.25, -0.2) is 9.97 Å². The third-order valence-corrected chi connectivity index (χ3v) is 2.35. The lowest BCUT2D eigenvalue weighted by Crippen LogP contribution is -2.30. The molecule has 0 aromatic carbocycles. The maximum Gasteiger partial charge on any atom is 0.134 e. The summed E-state index contributed by atoms with van der Waals surface area (Å²) in [6.07, 6.45) is 3.66. The van der Waals surface area contributed by atoms with E-state index >= 15 is 0 Å². The minimum atomic E-state index is 0.342. The minimum Gasteiger partial charge on any atom is -0.379 e. The van der Waals surface area contributed by atoms with Crippen LogP contribution in [0.3, 0.4) is 0 Å². The van der Waals surface area contributed by atoms with Crippen molar-refractivity contribution in [2.45, 2.75) is 18.9 Å². The first kappa shape index (κ1) is 9.68. The van der Waals surface area contributed by atoms with Crippen molar-refractivity contribution in [3.63, 3.8) is 0 Å². The van der Waals surface area contributed by atoms with Crippen LogP contribution < -0.4 is 5.32 Å². The average Bonchev–Trinajstić information content (AvgIpc) is 2.19. The molecule has 14 heavy (non-hydrogen) atoms. The number of halogens is 1. The largest absolute Gasteiger partial charge is 0.379 e. The molecule has 0 amide bonds. The van der Waals surface area contributed by atoms with Gasteiger partial charge in [-0.3, -0.25) is 0 Å². The van der Waals surface area contributed by atoms with E-state index in [0.717, 1.165) is 31.9 Å². The summed E-state index contributed by atoms with van der Waals surface area (Å²) in [7, 11) is 0. The number of hydrogen-bond donors (Lipinski definition) is 1. The summed E-state index contributed by atoms with van der Waals surface area (Å²) in [4.78, 5) is 7.89. The standard InChI is InChI=1S/C9H12ClN3O/c10-8-4-9(12-6-11-8)13-7-2-1-3-14-5-7/h4,6-7H,1-3,5H2,(H,11,12,13)/t7-/m1/s1. The van der Waals surface area contributed by atoms with Gasteiger partial charge in [0.15, 0.2) is 0 Å². The van der Waals surface area contributed by atoms with E-state index < -0.39 is 0 Å². The van der Waals surface area contributed by atoms with Crippen LogP contribution in [0.15, 0.2) is 12.4 Å². The zero-order valence-electron chi connectivity index (χ0n) is 7.74. The van der Waals surface area contributed by atoms with Crippen molar-refractivity contribution in [1.82, 2.24) is 9.97 Å². The first-order valence-corrected chi connectivity index (χ1v) is 5.04. The lowest BCUT2D eigenvalue weighted by molar-refractivity contribution is 0.0875. The number of anilines is 1. The minimum absolute atomic E-state index is 0.342. The molecule has 0 unspecified atom stereocenters. The average molecular weight is 214 g/mol. The molecule has 1 N–H and O–H groups in total. The summed E-state index contributed by atoms with van der Waals surface area (Å²) in [6.45, 7) is 1.60. The normalized spacial score (nSPS) is 21.9. The number of nitrogens with zero attached hydrogens (tertiary/aromatic N) is 2. The van der Waals surface area contributed by atoms with E-state index in [0.29, 0.717) is 11.2 Å². The Morgan fingerprint density at radius 2 is 2.43 bits per heavy atom. The summed E-state index contributed by atoms with van der Waals surface area (Å²) in [5, 5.41) is 3.72. The van der Waals surface area contributed by atoms with E-state index in [1.165, 1.54) is 6.33 Å².